The zero-order valence-corrected chi connectivity index (χ0v) is 23.1. The quantitative estimate of drug-likeness (QED) is 0.406. The van der Waals surface area contributed by atoms with E-state index in [1.54, 1.807) is 0 Å². The Morgan fingerprint density at radius 2 is 1.54 bits per heavy atom. The third-order valence-electron chi connectivity index (χ3n) is 11.6. The summed E-state index contributed by atoms with van der Waals surface area (Å²) in [5.41, 5.74) is 6.27. The molecule has 4 aliphatic carbocycles. The average molecular weight is 493 g/mol. The third-order valence-corrected chi connectivity index (χ3v) is 11.6. The molecule has 3 saturated carbocycles. The van der Waals surface area contributed by atoms with Crippen LogP contribution in [0.15, 0.2) is 78.4 Å². The van der Waals surface area contributed by atoms with Gasteiger partial charge in [0.2, 0.25) is 0 Å². The van der Waals surface area contributed by atoms with E-state index in [1.165, 1.54) is 54.4 Å². The third kappa shape index (κ3) is 4.27. The van der Waals surface area contributed by atoms with Crippen LogP contribution in [0.4, 0.5) is 0 Å². The van der Waals surface area contributed by atoms with Crippen molar-refractivity contribution in [2.24, 2.45) is 40.4 Å². The van der Waals surface area contributed by atoms with E-state index in [-0.39, 0.29) is 5.41 Å². The molecule has 1 nitrogen and oxygen atoms in total. The van der Waals surface area contributed by atoms with Gasteiger partial charge in [-0.05, 0) is 115 Å². The topological polar surface area (TPSA) is 17.1 Å². The number of ketones is 1. The zero-order valence-electron chi connectivity index (χ0n) is 23.1. The minimum atomic E-state index is 0.283. The van der Waals surface area contributed by atoms with Crippen molar-refractivity contribution in [1.82, 2.24) is 0 Å². The molecule has 2 aromatic rings. The van der Waals surface area contributed by atoms with E-state index in [4.69, 9.17) is 0 Å². The van der Waals surface area contributed by atoms with Gasteiger partial charge >= 0.3 is 0 Å². The van der Waals surface area contributed by atoms with E-state index >= 15 is 0 Å². The van der Waals surface area contributed by atoms with E-state index < -0.39 is 0 Å². The lowest BCUT2D eigenvalue weighted by atomic mass is 9.46. The average Bonchev–Trinajstić information content (AvgIpc) is 3.28. The molecular weight excluding hydrogens is 448 g/mol. The highest BCUT2D eigenvalue weighted by Gasteiger charge is 2.59. The molecule has 0 amide bonds. The Morgan fingerprint density at radius 1 is 0.865 bits per heavy atom. The summed E-state index contributed by atoms with van der Waals surface area (Å²) in [4.78, 5) is 12.2. The van der Waals surface area contributed by atoms with Gasteiger partial charge in [-0.3, -0.25) is 4.79 Å². The van der Waals surface area contributed by atoms with Crippen molar-refractivity contribution in [2.45, 2.75) is 78.6 Å². The van der Waals surface area contributed by atoms with E-state index in [2.05, 4.69) is 93.6 Å². The first kappa shape index (κ1) is 24.9. The molecule has 37 heavy (non-hydrogen) atoms. The summed E-state index contributed by atoms with van der Waals surface area (Å²) in [6.07, 6.45) is 15.6. The Hall–Kier alpha value is -2.41. The Labute approximate surface area is 224 Å². The van der Waals surface area contributed by atoms with E-state index in [1.807, 2.05) is 0 Å². The maximum absolute atomic E-state index is 12.2. The van der Waals surface area contributed by atoms with Crippen molar-refractivity contribution in [3.63, 3.8) is 0 Å². The Bertz CT molecular complexity index is 1150. The molecular formula is C36H44O. The predicted octanol–water partition coefficient (Wildman–Crippen LogP) is 9.29. The summed E-state index contributed by atoms with van der Waals surface area (Å²) in [5.74, 6) is 4.37. The van der Waals surface area contributed by atoms with Gasteiger partial charge in [0.1, 0.15) is 0 Å². The molecule has 4 aliphatic rings. The molecule has 2 aromatic carbocycles. The molecule has 0 radical (unpaired) electrons. The Kier molecular flexibility index (Phi) is 6.54. The van der Waals surface area contributed by atoms with Gasteiger partial charge in [0.25, 0.3) is 0 Å². The van der Waals surface area contributed by atoms with Gasteiger partial charge in [0.05, 0.1) is 0 Å². The minimum absolute atomic E-state index is 0.283. The summed E-state index contributed by atoms with van der Waals surface area (Å²) in [5, 5.41) is 0. The molecule has 0 heterocycles. The molecule has 6 rings (SSSR count). The van der Waals surface area contributed by atoms with Crippen molar-refractivity contribution < 1.29 is 4.79 Å². The fourth-order valence-electron chi connectivity index (χ4n) is 9.64. The Morgan fingerprint density at radius 3 is 2.22 bits per heavy atom. The largest absolute Gasteiger partial charge is 0.295 e. The summed E-state index contributed by atoms with van der Waals surface area (Å²) in [6, 6.07) is 21.9. The number of hydrogen-bond donors (Lipinski definition) is 0. The number of fused-ring (bicyclic) bond motifs is 5. The molecule has 194 valence electrons. The van der Waals surface area contributed by atoms with Gasteiger partial charge in [-0.2, -0.15) is 0 Å². The van der Waals surface area contributed by atoms with Gasteiger partial charge in [-0.15, -0.1) is 0 Å². The molecule has 7 atom stereocenters. The lowest BCUT2D eigenvalue weighted by molar-refractivity contribution is -0.117. The van der Waals surface area contributed by atoms with Gasteiger partial charge in [0.15, 0.2) is 5.78 Å². The lowest BCUT2D eigenvalue weighted by Gasteiger charge is -2.58. The molecule has 0 aromatic heterocycles. The minimum Gasteiger partial charge on any atom is -0.295 e. The number of rotatable bonds is 5. The second-order valence-corrected chi connectivity index (χ2v) is 13.3. The zero-order chi connectivity index (χ0) is 25.6. The van der Waals surface area contributed by atoms with Crippen molar-refractivity contribution >= 4 is 11.4 Å². The second kappa shape index (κ2) is 9.72. The van der Waals surface area contributed by atoms with Crippen LogP contribution < -0.4 is 0 Å². The van der Waals surface area contributed by atoms with Gasteiger partial charge in [-0.25, -0.2) is 0 Å². The number of carbonyl (C=O) groups excluding carboxylic acids is 1. The summed E-state index contributed by atoms with van der Waals surface area (Å²) in [6.45, 7) is 7.71. The van der Waals surface area contributed by atoms with Crippen LogP contribution in [-0.2, 0) is 4.79 Å². The number of benzene rings is 2. The fourth-order valence-corrected chi connectivity index (χ4v) is 9.64. The van der Waals surface area contributed by atoms with Crippen LogP contribution in [-0.4, -0.2) is 5.78 Å². The van der Waals surface area contributed by atoms with E-state index in [0.29, 0.717) is 17.1 Å². The fraction of sp³-hybridized carbons (Fsp3) is 0.528. The van der Waals surface area contributed by atoms with Crippen molar-refractivity contribution in [2.75, 3.05) is 0 Å². The van der Waals surface area contributed by atoms with Crippen molar-refractivity contribution in [1.29, 1.82) is 0 Å². The predicted molar refractivity (Wildman–Crippen MR) is 154 cm³/mol. The van der Waals surface area contributed by atoms with Crippen molar-refractivity contribution in [3.8, 4) is 0 Å². The molecule has 0 saturated heterocycles. The normalized spacial score (nSPS) is 35.5. The first-order valence-electron chi connectivity index (χ1n) is 14.9. The molecule has 0 aliphatic heterocycles. The van der Waals surface area contributed by atoms with Crippen LogP contribution in [0.3, 0.4) is 0 Å². The lowest BCUT2D eigenvalue weighted by Crippen LogP contribution is -2.50. The van der Waals surface area contributed by atoms with Gasteiger partial charge < -0.3 is 0 Å². The van der Waals surface area contributed by atoms with Crippen LogP contribution in [0, 0.1) is 40.4 Å². The van der Waals surface area contributed by atoms with Crippen LogP contribution in [0.1, 0.15) is 89.7 Å². The molecule has 0 unspecified atom stereocenters. The highest BCUT2D eigenvalue weighted by molar-refractivity contribution is 5.91. The SMILES string of the molecule is C[C@H](CC=C(c1ccccc1)c1ccccc1)[C@@H]1CC[C@@H]2[C@H]3CCC4=CC(=O)CC[C@]4(C)[C@H]3CC[C@@]21C. The highest BCUT2D eigenvalue weighted by Crippen LogP contribution is 2.67. The molecule has 0 spiro atoms. The van der Waals surface area contributed by atoms with Crippen molar-refractivity contribution in [3.05, 3.63) is 89.5 Å². The molecule has 0 bridgehead atoms. The number of carbonyl (C=O) groups is 1. The summed E-state index contributed by atoms with van der Waals surface area (Å²) < 4.78 is 0. The summed E-state index contributed by atoms with van der Waals surface area (Å²) in [7, 11) is 0. The van der Waals surface area contributed by atoms with Gasteiger partial charge in [-0.1, -0.05) is 93.1 Å². The monoisotopic (exact) mass is 492 g/mol. The standard InChI is InChI=1S/C36H44O/c1-25(14-16-30(26-10-6-4-7-11-26)27-12-8-5-9-13-27)32-18-19-33-31-17-15-28-24-29(37)20-22-35(28,2)34(31)21-23-36(32,33)3/h4-13,16,24-25,31-34H,14-15,17-23H2,1-3H3/t25-,31-,32+,33-,34+,35+,36-/m1/s1. The smallest absolute Gasteiger partial charge is 0.155 e. The van der Waals surface area contributed by atoms with Crippen LogP contribution >= 0.6 is 0 Å². The van der Waals surface area contributed by atoms with Crippen LogP contribution in [0.25, 0.3) is 5.57 Å². The van der Waals surface area contributed by atoms with E-state index in [9.17, 15) is 4.79 Å². The molecule has 1 heteroatoms. The molecule has 0 N–H and O–H groups in total. The van der Waals surface area contributed by atoms with Crippen LogP contribution in [0.2, 0.25) is 0 Å². The Balaban J connectivity index is 1.22. The maximum Gasteiger partial charge on any atom is 0.155 e. The number of hydrogen-bond acceptors (Lipinski definition) is 1. The molecule has 3 fully saturated rings. The first-order chi connectivity index (χ1) is 17.9. The summed E-state index contributed by atoms with van der Waals surface area (Å²) >= 11 is 0. The maximum atomic E-state index is 12.2. The first-order valence-corrected chi connectivity index (χ1v) is 14.9. The highest BCUT2D eigenvalue weighted by atomic mass is 16.1. The number of allylic oxidation sites excluding steroid dienone is 2. The van der Waals surface area contributed by atoms with Crippen LogP contribution in [0.5, 0.6) is 0 Å². The van der Waals surface area contributed by atoms with E-state index in [0.717, 1.165) is 49.4 Å². The van der Waals surface area contributed by atoms with Gasteiger partial charge in [0, 0.05) is 6.42 Å². The second-order valence-electron chi connectivity index (χ2n) is 13.3.